The second kappa shape index (κ2) is 7.42. The van der Waals surface area contributed by atoms with E-state index < -0.39 is 5.91 Å². The van der Waals surface area contributed by atoms with E-state index in [1.54, 1.807) is 36.5 Å². The molecular weight excluding hydrogens is 346 g/mol. The Kier molecular flexibility index (Phi) is 5.32. The van der Waals surface area contributed by atoms with Crippen molar-refractivity contribution in [3.05, 3.63) is 70.3 Å². The van der Waals surface area contributed by atoms with Crippen molar-refractivity contribution in [2.75, 3.05) is 5.32 Å². The van der Waals surface area contributed by atoms with Crippen LogP contribution < -0.4 is 16.4 Å². The number of anilines is 1. The van der Waals surface area contributed by atoms with Gasteiger partial charge in [-0.05, 0) is 48.0 Å². The molecule has 2 aromatic carbocycles. The lowest BCUT2D eigenvalue weighted by atomic mass is 10.2. The van der Waals surface area contributed by atoms with E-state index in [4.69, 9.17) is 5.73 Å². The lowest BCUT2D eigenvalue weighted by molar-refractivity contribution is 0.100. The number of carbonyl (C=O) groups excluding carboxylic acids is 2. The van der Waals surface area contributed by atoms with Gasteiger partial charge in [0.1, 0.15) is 0 Å². The highest BCUT2D eigenvalue weighted by molar-refractivity contribution is 9.10. The Labute approximate surface area is 136 Å². The zero-order valence-electron chi connectivity index (χ0n) is 11.5. The summed E-state index contributed by atoms with van der Waals surface area (Å²) >= 11 is 3.38. The Morgan fingerprint density at radius 3 is 2.45 bits per heavy atom. The number of benzene rings is 2. The minimum atomic E-state index is -0.507. The van der Waals surface area contributed by atoms with Gasteiger partial charge in [-0.15, -0.1) is 0 Å². The first kappa shape index (κ1) is 15.8. The SMILES string of the molecule is NC(=O)c1ccc(NC(=O)N/C=C/c2cccc(Br)c2)cc1. The summed E-state index contributed by atoms with van der Waals surface area (Å²) in [4.78, 5) is 22.7. The van der Waals surface area contributed by atoms with Gasteiger partial charge < -0.3 is 16.4 Å². The second-order valence-electron chi connectivity index (χ2n) is 4.43. The fourth-order valence-corrected chi connectivity index (χ4v) is 2.13. The first-order chi connectivity index (χ1) is 10.5. The molecule has 0 aliphatic heterocycles. The molecule has 0 aliphatic carbocycles. The van der Waals surface area contributed by atoms with Crippen molar-refractivity contribution in [3.8, 4) is 0 Å². The van der Waals surface area contributed by atoms with Crippen molar-refractivity contribution in [2.45, 2.75) is 0 Å². The van der Waals surface area contributed by atoms with Gasteiger partial charge in [0.25, 0.3) is 0 Å². The van der Waals surface area contributed by atoms with Crippen LogP contribution in [-0.4, -0.2) is 11.9 Å². The Hall–Kier alpha value is -2.60. The summed E-state index contributed by atoms with van der Waals surface area (Å²) in [5.41, 5.74) is 7.06. The average Bonchev–Trinajstić information content (AvgIpc) is 2.48. The molecule has 0 saturated carbocycles. The van der Waals surface area contributed by atoms with Crippen LogP contribution >= 0.6 is 15.9 Å². The van der Waals surface area contributed by atoms with E-state index in [0.29, 0.717) is 11.3 Å². The predicted molar refractivity (Wildman–Crippen MR) is 90.3 cm³/mol. The summed E-state index contributed by atoms with van der Waals surface area (Å²) < 4.78 is 0.966. The van der Waals surface area contributed by atoms with Gasteiger partial charge in [-0.25, -0.2) is 4.79 Å². The fraction of sp³-hybridized carbons (Fsp3) is 0. The highest BCUT2D eigenvalue weighted by Gasteiger charge is 2.02. The quantitative estimate of drug-likeness (QED) is 0.781. The summed E-state index contributed by atoms with van der Waals surface area (Å²) in [7, 11) is 0. The predicted octanol–water partition coefficient (Wildman–Crippen LogP) is 3.34. The van der Waals surface area contributed by atoms with Gasteiger partial charge in [0.05, 0.1) is 0 Å². The second-order valence-corrected chi connectivity index (χ2v) is 5.34. The number of carbonyl (C=O) groups is 2. The highest BCUT2D eigenvalue weighted by Crippen LogP contribution is 2.12. The van der Waals surface area contributed by atoms with Crippen LogP contribution in [-0.2, 0) is 0 Å². The van der Waals surface area contributed by atoms with Gasteiger partial charge in [0.2, 0.25) is 5.91 Å². The molecule has 0 aromatic heterocycles. The zero-order chi connectivity index (χ0) is 15.9. The van der Waals surface area contributed by atoms with E-state index in [9.17, 15) is 9.59 Å². The van der Waals surface area contributed by atoms with Crippen LogP contribution in [0.4, 0.5) is 10.5 Å². The lowest BCUT2D eigenvalue weighted by Crippen LogP contribution is -2.23. The molecule has 0 heterocycles. The van der Waals surface area contributed by atoms with Crippen LogP contribution in [0.3, 0.4) is 0 Å². The van der Waals surface area contributed by atoms with Crippen molar-refractivity contribution in [1.82, 2.24) is 5.32 Å². The molecule has 0 saturated heterocycles. The monoisotopic (exact) mass is 359 g/mol. The Morgan fingerprint density at radius 2 is 1.82 bits per heavy atom. The lowest BCUT2D eigenvalue weighted by Gasteiger charge is -2.05. The Morgan fingerprint density at radius 1 is 1.09 bits per heavy atom. The van der Waals surface area contributed by atoms with Gasteiger partial charge in [0, 0.05) is 21.9 Å². The zero-order valence-corrected chi connectivity index (χ0v) is 13.1. The van der Waals surface area contributed by atoms with Crippen molar-refractivity contribution < 1.29 is 9.59 Å². The minimum absolute atomic E-state index is 0.377. The molecule has 0 aliphatic rings. The number of urea groups is 1. The fourth-order valence-electron chi connectivity index (χ4n) is 1.71. The summed E-state index contributed by atoms with van der Waals surface area (Å²) in [6.45, 7) is 0. The summed E-state index contributed by atoms with van der Waals surface area (Å²) in [6, 6.07) is 13.6. The van der Waals surface area contributed by atoms with E-state index in [0.717, 1.165) is 10.0 Å². The highest BCUT2D eigenvalue weighted by atomic mass is 79.9. The van der Waals surface area contributed by atoms with E-state index in [1.165, 1.54) is 0 Å². The maximum absolute atomic E-state index is 11.7. The molecule has 2 aromatic rings. The molecule has 0 fully saturated rings. The van der Waals surface area contributed by atoms with Crippen LogP contribution in [0.1, 0.15) is 15.9 Å². The van der Waals surface area contributed by atoms with Crippen molar-refractivity contribution in [1.29, 1.82) is 0 Å². The smallest absolute Gasteiger partial charge is 0.323 e. The largest absolute Gasteiger partial charge is 0.366 e. The molecule has 22 heavy (non-hydrogen) atoms. The number of hydrogen-bond acceptors (Lipinski definition) is 2. The van der Waals surface area contributed by atoms with E-state index >= 15 is 0 Å². The third-order valence-electron chi connectivity index (χ3n) is 2.77. The number of primary amides is 1. The van der Waals surface area contributed by atoms with Crippen LogP contribution in [0.25, 0.3) is 6.08 Å². The number of nitrogens with one attached hydrogen (secondary N) is 2. The summed E-state index contributed by atoms with van der Waals surface area (Å²) in [5.74, 6) is -0.507. The van der Waals surface area contributed by atoms with E-state index in [-0.39, 0.29) is 6.03 Å². The molecule has 0 bridgehead atoms. The number of amides is 3. The molecule has 4 N–H and O–H groups in total. The van der Waals surface area contributed by atoms with Crippen molar-refractivity contribution in [3.63, 3.8) is 0 Å². The molecule has 2 rings (SSSR count). The van der Waals surface area contributed by atoms with Crippen LogP contribution in [0.15, 0.2) is 59.2 Å². The van der Waals surface area contributed by atoms with Gasteiger partial charge in [0.15, 0.2) is 0 Å². The van der Waals surface area contributed by atoms with Gasteiger partial charge in [-0.1, -0.05) is 28.1 Å². The van der Waals surface area contributed by atoms with E-state index in [1.807, 2.05) is 24.3 Å². The first-order valence-electron chi connectivity index (χ1n) is 6.44. The maximum atomic E-state index is 11.7. The normalized spacial score (nSPS) is 10.4. The molecule has 6 heteroatoms. The topological polar surface area (TPSA) is 84.2 Å². The van der Waals surface area contributed by atoms with Crippen LogP contribution in [0, 0.1) is 0 Å². The molecule has 0 unspecified atom stereocenters. The number of nitrogens with two attached hydrogens (primary N) is 1. The number of halogens is 1. The average molecular weight is 360 g/mol. The molecule has 112 valence electrons. The molecule has 3 amide bonds. The minimum Gasteiger partial charge on any atom is -0.366 e. The molecule has 0 radical (unpaired) electrons. The van der Waals surface area contributed by atoms with Crippen LogP contribution in [0.2, 0.25) is 0 Å². The standard InChI is InChI=1S/C16H14BrN3O2/c17-13-3-1-2-11(10-13)8-9-19-16(22)20-14-6-4-12(5-7-14)15(18)21/h1-10H,(H2,18,21)(H2,19,20,22)/b9-8+. The van der Waals surface area contributed by atoms with Gasteiger partial charge >= 0.3 is 6.03 Å². The van der Waals surface area contributed by atoms with Gasteiger partial charge in [-0.2, -0.15) is 0 Å². The third kappa shape index (κ3) is 4.75. The summed E-state index contributed by atoms with van der Waals surface area (Å²) in [6.07, 6.45) is 3.33. The number of rotatable bonds is 4. The van der Waals surface area contributed by atoms with Crippen molar-refractivity contribution in [2.24, 2.45) is 5.73 Å². The third-order valence-corrected chi connectivity index (χ3v) is 3.26. The van der Waals surface area contributed by atoms with Gasteiger partial charge in [-0.3, -0.25) is 4.79 Å². The van der Waals surface area contributed by atoms with Crippen molar-refractivity contribution >= 4 is 39.6 Å². The Balaban J connectivity index is 1.89. The van der Waals surface area contributed by atoms with E-state index in [2.05, 4.69) is 26.6 Å². The number of hydrogen-bond donors (Lipinski definition) is 3. The Bertz CT molecular complexity index is 712. The summed E-state index contributed by atoms with van der Waals surface area (Å²) in [5, 5.41) is 5.24. The molecule has 0 spiro atoms. The molecule has 0 atom stereocenters. The first-order valence-corrected chi connectivity index (χ1v) is 7.23. The molecular formula is C16H14BrN3O2. The van der Waals surface area contributed by atoms with Crippen LogP contribution in [0.5, 0.6) is 0 Å². The maximum Gasteiger partial charge on any atom is 0.323 e. The molecule has 5 nitrogen and oxygen atoms in total.